The number of piperidine rings is 1. The average Bonchev–Trinajstić information content (AvgIpc) is 3.39. The molecule has 4 heterocycles. The third-order valence-electron chi connectivity index (χ3n) is 5.27. The van der Waals surface area contributed by atoms with Crippen LogP contribution in [0.3, 0.4) is 0 Å². The summed E-state index contributed by atoms with van der Waals surface area (Å²) in [6.45, 7) is 5.62. The molecule has 0 N–H and O–H groups in total. The van der Waals surface area contributed by atoms with Gasteiger partial charge in [-0.05, 0) is 62.5 Å². The Bertz CT molecular complexity index is 750. The highest BCUT2D eigenvalue weighted by Crippen LogP contribution is 2.30. The molecule has 2 aliphatic heterocycles. The number of carbonyl (C=O) groups is 1. The van der Waals surface area contributed by atoms with Gasteiger partial charge in [0.1, 0.15) is 18.0 Å². The molecule has 0 aliphatic carbocycles. The van der Waals surface area contributed by atoms with Crippen molar-refractivity contribution in [3.05, 3.63) is 23.3 Å². The standard InChI is InChI=1S/C17H25N7O2/c1-13-10-14(19-26-13)15-6-2-3-9-23(15)17(25)12-24-16(18-20-21-24)11-22-7-4-5-8-22/h10,15H,2-9,11-12H2,1H3/t15-/m1/s1. The van der Waals surface area contributed by atoms with E-state index in [4.69, 9.17) is 4.52 Å². The lowest BCUT2D eigenvalue weighted by molar-refractivity contribution is -0.136. The van der Waals surface area contributed by atoms with Crippen LogP contribution in [0.4, 0.5) is 0 Å². The lowest BCUT2D eigenvalue weighted by Crippen LogP contribution is -2.41. The Kier molecular flexibility index (Phi) is 4.96. The fraction of sp³-hybridized carbons (Fsp3) is 0.706. The van der Waals surface area contributed by atoms with Crippen LogP contribution in [0.2, 0.25) is 0 Å². The molecule has 2 aliphatic rings. The maximum Gasteiger partial charge on any atom is 0.245 e. The molecule has 1 atom stereocenters. The van der Waals surface area contributed by atoms with Gasteiger partial charge in [0.25, 0.3) is 0 Å². The van der Waals surface area contributed by atoms with Gasteiger partial charge in [0.05, 0.1) is 12.6 Å². The molecule has 0 radical (unpaired) electrons. The topological polar surface area (TPSA) is 93.2 Å². The molecule has 2 fully saturated rings. The van der Waals surface area contributed by atoms with Crippen molar-refractivity contribution < 1.29 is 9.32 Å². The fourth-order valence-electron chi connectivity index (χ4n) is 3.90. The smallest absolute Gasteiger partial charge is 0.245 e. The largest absolute Gasteiger partial charge is 0.361 e. The van der Waals surface area contributed by atoms with Crippen molar-refractivity contribution in [3.63, 3.8) is 0 Å². The maximum atomic E-state index is 13.0. The lowest BCUT2D eigenvalue weighted by atomic mass is 9.99. The quantitative estimate of drug-likeness (QED) is 0.795. The first-order valence-corrected chi connectivity index (χ1v) is 9.41. The zero-order valence-corrected chi connectivity index (χ0v) is 15.2. The van der Waals surface area contributed by atoms with E-state index in [9.17, 15) is 4.79 Å². The van der Waals surface area contributed by atoms with Crippen LogP contribution in [0.25, 0.3) is 0 Å². The van der Waals surface area contributed by atoms with Crippen molar-refractivity contribution >= 4 is 5.91 Å². The summed E-state index contributed by atoms with van der Waals surface area (Å²) in [5, 5.41) is 16.1. The van der Waals surface area contributed by atoms with Gasteiger partial charge in [-0.1, -0.05) is 5.16 Å². The van der Waals surface area contributed by atoms with Crippen LogP contribution >= 0.6 is 0 Å². The number of amides is 1. The van der Waals surface area contributed by atoms with Crippen LogP contribution in [0, 0.1) is 6.92 Å². The maximum absolute atomic E-state index is 13.0. The van der Waals surface area contributed by atoms with E-state index < -0.39 is 0 Å². The number of hydrogen-bond acceptors (Lipinski definition) is 7. The molecule has 0 aromatic carbocycles. The first-order valence-electron chi connectivity index (χ1n) is 9.41. The Morgan fingerprint density at radius 2 is 2.04 bits per heavy atom. The summed E-state index contributed by atoms with van der Waals surface area (Å²) in [4.78, 5) is 17.2. The molecule has 4 rings (SSSR count). The van der Waals surface area contributed by atoms with Crippen molar-refractivity contribution in [2.24, 2.45) is 0 Å². The number of likely N-dealkylation sites (tertiary alicyclic amines) is 2. The Balaban J connectivity index is 1.46. The summed E-state index contributed by atoms with van der Waals surface area (Å²) < 4.78 is 6.85. The van der Waals surface area contributed by atoms with Gasteiger partial charge in [-0.3, -0.25) is 9.69 Å². The first-order chi connectivity index (χ1) is 12.7. The number of aryl methyl sites for hydroxylation is 1. The molecule has 26 heavy (non-hydrogen) atoms. The SMILES string of the molecule is Cc1cc([C@H]2CCCCN2C(=O)Cn2nnnc2CN2CCCC2)no1. The predicted octanol–water partition coefficient (Wildman–Crippen LogP) is 1.32. The highest BCUT2D eigenvalue weighted by atomic mass is 16.5. The average molecular weight is 359 g/mol. The molecule has 0 bridgehead atoms. The molecule has 1 amide bonds. The highest BCUT2D eigenvalue weighted by Gasteiger charge is 2.31. The molecule has 2 aromatic rings. The molecule has 2 aromatic heterocycles. The Labute approximate surface area is 152 Å². The zero-order valence-electron chi connectivity index (χ0n) is 15.2. The summed E-state index contributed by atoms with van der Waals surface area (Å²) in [7, 11) is 0. The molecular weight excluding hydrogens is 334 g/mol. The number of tetrazole rings is 1. The number of carbonyl (C=O) groups excluding carboxylic acids is 1. The van der Waals surface area contributed by atoms with Gasteiger partial charge in [-0.25, -0.2) is 4.68 Å². The number of rotatable bonds is 5. The van der Waals surface area contributed by atoms with Crippen LogP contribution in [0.15, 0.2) is 10.6 Å². The second-order valence-corrected chi connectivity index (χ2v) is 7.20. The van der Waals surface area contributed by atoms with Crippen molar-refractivity contribution in [2.75, 3.05) is 19.6 Å². The minimum atomic E-state index is -0.0211. The van der Waals surface area contributed by atoms with E-state index in [0.29, 0.717) is 6.54 Å². The minimum absolute atomic E-state index is 0.0211. The minimum Gasteiger partial charge on any atom is -0.361 e. The van der Waals surface area contributed by atoms with Crippen molar-refractivity contribution in [1.29, 1.82) is 0 Å². The van der Waals surface area contributed by atoms with Gasteiger partial charge in [-0.2, -0.15) is 0 Å². The second-order valence-electron chi connectivity index (χ2n) is 7.20. The molecule has 2 saturated heterocycles. The van der Waals surface area contributed by atoms with E-state index in [2.05, 4.69) is 25.6 Å². The summed E-state index contributed by atoms with van der Waals surface area (Å²) in [6.07, 6.45) is 5.44. The monoisotopic (exact) mass is 359 g/mol. The van der Waals surface area contributed by atoms with E-state index >= 15 is 0 Å². The zero-order chi connectivity index (χ0) is 17.9. The van der Waals surface area contributed by atoms with Gasteiger partial charge in [-0.15, -0.1) is 5.10 Å². The van der Waals surface area contributed by atoms with Gasteiger partial charge in [0.2, 0.25) is 5.91 Å². The van der Waals surface area contributed by atoms with E-state index in [-0.39, 0.29) is 18.5 Å². The third kappa shape index (κ3) is 3.62. The molecule has 0 saturated carbocycles. The number of hydrogen-bond donors (Lipinski definition) is 0. The van der Waals surface area contributed by atoms with Crippen molar-refractivity contribution in [3.8, 4) is 0 Å². The lowest BCUT2D eigenvalue weighted by Gasteiger charge is -2.34. The molecule has 0 spiro atoms. The number of aromatic nitrogens is 5. The van der Waals surface area contributed by atoms with Gasteiger partial charge in [0.15, 0.2) is 5.82 Å². The van der Waals surface area contributed by atoms with Crippen LogP contribution in [-0.2, 0) is 17.9 Å². The van der Waals surface area contributed by atoms with Crippen LogP contribution < -0.4 is 0 Å². The summed E-state index contributed by atoms with van der Waals surface area (Å²) >= 11 is 0. The molecular formula is C17H25N7O2. The molecule has 0 unspecified atom stereocenters. The predicted molar refractivity (Wildman–Crippen MR) is 91.9 cm³/mol. The Hall–Kier alpha value is -2.29. The van der Waals surface area contributed by atoms with Crippen molar-refractivity contribution in [2.45, 2.75) is 58.2 Å². The van der Waals surface area contributed by atoms with Crippen LogP contribution in [0.1, 0.15) is 55.4 Å². The van der Waals surface area contributed by atoms with Gasteiger partial charge < -0.3 is 9.42 Å². The van der Waals surface area contributed by atoms with Crippen LogP contribution in [-0.4, -0.2) is 60.7 Å². The van der Waals surface area contributed by atoms with Crippen LogP contribution in [0.5, 0.6) is 0 Å². The van der Waals surface area contributed by atoms with Gasteiger partial charge >= 0.3 is 0 Å². The molecule has 9 nitrogen and oxygen atoms in total. The number of nitrogens with zero attached hydrogens (tertiary/aromatic N) is 7. The summed E-state index contributed by atoms with van der Waals surface area (Å²) in [6, 6.07) is 1.90. The summed E-state index contributed by atoms with van der Waals surface area (Å²) in [5.41, 5.74) is 0.838. The Morgan fingerprint density at radius 1 is 1.23 bits per heavy atom. The molecule has 140 valence electrons. The van der Waals surface area contributed by atoms with Crippen molar-refractivity contribution in [1.82, 2.24) is 35.2 Å². The summed E-state index contributed by atoms with van der Waals surface area (Å²) in [5.74, 6) is 1.56. The normalized spacial score (nSPS) is 21.4. The van der Waals surface area contributed by atoms with E-state index in [1.807, 2.05) is 17.9 Å². The van der Waals surface area contributed by atoms with Gasteiger partial charge in [0, 0.05) is 12.6 Å². The van der Waals surface area contributed by atoms with E-state index in [1.165, 1.54) is 12.8 Å². The fourth-order valence-corrected chi connectivity index (χ4v) is 3.90. The Morgan fingerprint density at radius 3 is 2.81 bits per heavy atom. The second kappa shape index (κ2) is 7.53. The first kappa shape index (κ1) is 17.1. The van der Waals surface area contributed by atoms with E-state index in [1.54, 1.807) is 4.68 Å². The van der Waals surface area contributed by atoms with E-state index in [0.717, 1.165) is 56.2 Å². The molecule has 9 heteroatoms. The highest BCUT2D eigenvalue weighted by molar-refractivity contribution is 5.76. The third-order valence-corrected chi connectivity index (χ3v) is 5.27.